The lowest BCUT2D eigenvalue weighted by molar-refractivity contribution is -0.130. The number of carbonyl (C=O) groups is 2. The van der Waals surface area contributed by atoms with E-state index >= 15 is 0 Å². The lowest BCUT2D eigenvalue weighted by Gasteiger charge is -2.25. The Labute approximate surface area is 170 Å². The van der Waals surface area contributed by atoms with Crippen LogP contribution in [0.2, 0.25) is 0 Å². The number of fused-ring (bicyclic) bond motifs is 1. The third-order valence-corrected chi connectivity index (χ3v) is 5.60. The molecule has 0 aliphatic carbocycles. The van der Waals surface area contributed by atoms with Crippen LogP contribution in [0.1, 0.15) is 30.5 Å². The predicted molar refractivity (Wildman–Crippen MR) is 109 cm³/mol. The fourth-order valence-electron chi connectivity index (χ4n) is 3.91. The fourth-order valence-corrected chi connectivity index (χ4v) is 3.91. The van der Waals surface area contributed by atoms with Crippen molar-refractivity contribution in [3.05, 3.63) is 59.7 Å². The third-order valence-electron chi connectivity index (χ3n) is 5.60. The average Bonchev–Trinajstić information content (AvgIpc) is 3.15. The van der Waals surface area contributed by atoms with E-state index in [1.54, 1.807) is 4.90 Å². The summed E-state index contributed by atoms with van der Waals surface area (Å²) in [5.74, 6) is 1.20. The number of carbonyl (C=O) groups excluding carboxylic acids is 2. The van der Waals surface area contributed by atoms with E-state index in [2.05, 4.69) is 5.32 Å². The first-order valence-electron chi connectivity index (χ1n) is 10.1. The summed E-state index contributed by atoms with van der Waals surface area (Å²) < 4.78 is 11.1. The minimum absolute atomic E-state index is 0.0285. The maximum Gasteiger partial charge on any atom is 0.225 e. The van der Waals surface area contributed by atoms with Gasteiger partial charge in [0.25, 0.3) is 0 Å². The van der Waals surface area contributed by atoms with Gasteiger partial charge in [0.2, 0.25) is 11.8 Å². The van der Waals surface area contributed by atoms with Gasteiger partial charge in [0.05, 0.1) is 12.0 Å². The van der Waals surface area contributed by atoms with Crippen LogP contribution in [0.15, 0.2) is 48.5 Å². The lowest BCUT2D eigenvalue weighted by atomic mass is 10.1. The molecule has 1 saturated heterocycles. The highest BCUT2D eigenvalue weighted by Crippen LogP contribution is 2.31. The summed E-state index contributed by atoms with van der Waals surface area (Å²) in [5, 5.41) is 2.98. The molecule has 152 valence electrons. The molecule has 2 aliphatic rings. The van der Waals surface area contributed by atoms with E-state index in [0.717, 1.165) is 22.6 Å². The Hall–Kier alpha value is -3.02. The fraction of sp³-hybridized carbons (Fsp3) is 0.391. The van der Waals surface area contributed by atoms with Crippen molar-refractivity contribution >= 4 is 11.8 Å². The molecule has 6 heteroatoms. The Kier molecular flexibility index (Phi) is 5.69. The van der Waals surface area contributed by atoms with Gasteiger partial charge < -0.3 is 19.7 Å². The van der Waals surface area contributed by atoms with Crippen molar-refractivity contribution < 1.29 is 19.1 Å². The summed E-state index contributed by atoms with van der Waals surface area (Å²) >= 11 is 0. The molecular weight excluding hydrogens is 368 g/mol. The summed E-state index contributed by atoms with van der Waals surface area (Å²) in [4.78, 5) is 26.8. The van der Waals surface area contributed by atoms with Crippen molar-refractivity contribution in [1.82, 2.24) is 10.2 Å². The van der Waals surface area contributed by atoms with Crippen LogP contribution in [0, 0.1) is 5.92 Å². The molecule has 0 unspecified atom stereocenters. The van der Waals surface area contributed by atoms with Crippen molar-refractivity contribution in [1.29, 1.82) is 0 Å². The Morgan fingerprint density at radius 1 is 1.14 bits per heavy atom. The van der Waals surface area contributed by atoms with E-state index in [9.17, 15) is 9.59 Å². The second-order valence-electron chi connectivity index (χ2n) is 7.55. The summed E-state index contributed by atoms with van der Waals surface area (Å²) in [6.45, 7) is 4.13. The maximum absolute atomic E-state index is 12.6. The van der Waals surface area contributed by atoms with E-state index in [1.807, 2.05) is 55.5 Å². The molecule has 6 nitrogen and oxygen atoms in total. The van der Waals surface area contributed by atoms with Gasteiger partial charge in [0, 0.05) is 19.5 Å². The molecule has 2 amide bonds. The zero-order chi connectivity index (χ0) is 20.2. The largest absolute Gasteiger partial charge is 0.486 e. The number of rotatable bonds is 6. The first kappa shape index (κ1) is 19.3. The minimum atomic E-state index is -0.297. The van der Waals surface area contributed by atoms with Gasteiger partial charge in [0.1, 0.15) is 13.2 Å². The molecule has 1 N–H and O–H groups in total. The molecule has 2 atom stereocenters. The average molecular weight is 394 g/mol. The zero-order valence-electron chi connectivity index (χ0n) is 16.6. The van der Waals surface area contributed by atoms with Crippen molar-refractivity contribution in [3.8, 4) is 11.5 Å². The number of hydrogen-bond donors (Lipinski definition) is 1. The van der Waals surface area contributed by atoms with Crippen LogP contribution < -0.4 is 14.8 Å². The molecule has 0 saturated carbocycles. The normalized spacial score (nSPS) is 19.1. The number of amides is 2. The number of nitrogens with one attached hydrogen (secondary N) is 1. The van der Waals surface area contributed by atoms with E-state index in [1.165, 1.54) is 0 Å². The van der Waals surface area contributed by atoms with Gasteiger partial charge in [-0.05, 0) is 36.6 Å². The van der Waals surface area contributed by atoms with Gasteiger partial charge in [-0.15, -0.1) is 0 Å². The quantitative estimate of drug-likeness (QED) is 0.818. The Morgan fingerprint density at radius 3 is 2.69 bits per heavy atom. The Balaban J connectivity index is 1.28. The molecule has 4 rings (SSSR count). The minimum Gasteiger partial charge on any atom is -0.486 e. The van der Waals surface area contributed by atoms with E-state index in [0.29, 0.717) is 32.7 Å². The number of nitrogens with zero attached hydrogens (tertiary/aromatic N) is 1. The third kappa shape index (κ3) is 4.36. The molecular formula is C23H26N2O4. The lowest BCUT2D eigenvalue weighted by Crippen LogP contribution is -2.34. The first-order chi connectivity index (χ1) is 14.1. The van der Waals surface area contributed by atoms with Crippen LogP contribution in [-0.2, 0) is 16.0 Å². The smallest absolute Gasteiger partial charge is 0.225 e. The second kappa shape index (κ2) is 8.55. The second-order valence-corrected chi connectivity index (χ2v) is 7.55. The molecule has 0 aromatic heterocycles. The SMILES string of the molecule is C[C@H](c1ccccc1)N1C[C@@H](C(=O)NCCc2ccc3c(c2)OCCO3)CC1=O. The molecule has 2 heterocycles. The molecule has 0 spiro atoms. The van der Waals surface area contributed by atoms with Gasteiger partial charge in [-0.3, -0.25) is 9.59 Å². The van der Waals surface area contributed by atoms with Crippen LogP contribution in [0.25, 0.3) is 0 Å². The Bertz CT molecular complexity index is 884. The van der Waals surface area contributed by atoms with Gasteiger partial charge in [-0.2, -0.15) is 0 Å². The van der Waals surface area contributed by atoms with Crippen LogP contribution in [-0.4, -0.2) is 43.0 Å². The van der Waals surface area contributed by atoms with E-state index in [4.69, 9.17) is 9.47 Å². The molecule has 2 aromatic carbocycles. The number of ether oxygens (including phenoxy) is 2. The molecule has 0 bridgehead atoms. The number of hydrogen-bond acceptors (Lipinski definition) is 4. The van der Waals surface area contributed by atoms with Crippen molar-refractivity contribution in [2.24, 2.45) is 5.92 Å². The predicted octanol–water partition coefficient (Wildman–Crippen LogP) is 2.73. The van der Waals surface area contributed by atoms with E-state index in [-0.39, 0.29) is 30.2 Å². The molecule has 2 aromatic rings. The number of benzene rings is 2. The standard InChI is InChI=1S/C23H26N2O4/c1-16(18-5-3-2-4-6-18)25-15-19(14-22(25)26)23(27)24-10-9-17-7-8-20-21(13-17)29-12-11-28-20/h2-8,13,16,19H,9-12,14-15H2,1H3,(H,24,27)/t16-,19+/m1/s1. The summed E-state index contributed by atoms with van der Waals surface area (Å²) in [7, 11) is 0. The summed E-state index contributed by atoms with van der Waals surface area (Å²) in [6, 6.07) is 15.7. The van der Waals surface area contributed by atoms with Crippen molar-refractivity contribution in [2.75, 3.05) is 26.3 Å². The van der Waals surface area contributed by atoms with Gasteiger partial charge in [0.15, 0.2) is 11.5 Å². The van der Waals surface area contributed by atoms with Crippen LogP contribution in [0.4, 0.5) is 0 Å². The van der Waals surface area contributed by atoms with E-state index < -0.39 is 0 Å². The molecule has 29 heavy (non-hydrogen) atoms. The van der Waals surface area contributed by atoms with Crippen LogP contribution in [0.5, 0.6) is 11.5 Å². The summed E-state index contributed by atoms with van der Waals surface area (Å²) in [6.07, 6.45) is 0.972. The highest BCUT2D eigenvalue weighted by molar-refractivity contribution is 5.89. The topological polar surface area (TPSA) is 67.9 Å². The van der Waals surface area contributed by atoms with Gasteiger partial charge in [-0.1, -0.05) is 36.4 Å². The maximum atomic E-state index is 12.6. The van der Waals surface area contributed by atoms with Gasteiger partial charge >= 0.3 is 0 Å². The molecule has 2 aliphatic heterocycles. The van der Waals surface area contributed by atoms with Crippen molar-refractivity contribution in [2.45, 2.75) is 25.8 Å². The van der Waals surface area contributed by atoms with Gasteiger partial charge in [-0.25, -0.2) is 0 Å². The Morgan fingerprint density at radius 2 is 1.90 bits per heavy atom. The van der Waals surface area contributed by atoms with Crippen LogP contribution >= 0.6 is 0 Å². The molecule has 1 fully saturated rings. The summed E-state index contributed by atoms with van der Waals surface area (Å²) in [5.41, 5.74) is 2.16. The highest BCUT2D eigenvalue weighted by atomic mass is 16.6. The zero-order valence-corrected chi connectivity index (χ0v) is 16.6. The first-order valence-corrected chi connectivity index (χ1v) is 10.1. The monoisotopic (exact) mass is 394 g/mol. The highest BCUT2D eigenvalue weighted by Gasteiger charge is 2.36. The molecule has 0 radical (unpaired) electrons. The van der Waals surface area contributed by atoms with Crippen molar-refractivity contribution in [3.63, 3.8) is 0 Å². The van der Waals surface area contributed by atoms with Crippen LogP contribution in [0.3, 0.4) is 0 Å². The number of likely N-dealkylation sites (tertiary alicyclic amines) is 1.